The first-order chi connectivity index (χ1) is 11.0. The molecule has 0 unspecified atom stereocenters. The first-order valence-corrected chi connectivity index (χ1v) is 7.49. The summed E-state index contributed by atoms with van der Waals surface area (Å²) in [6.45, 7) is 0.785. The molecule has 0 aromatic heterocycles. The third-order valence-electron chi connectivity index (χ3n) is 3.68. The first kappa shape index (κ1) is 15.2. The summed E-state index contributed by atoms with van der Waals surface area (Å²) in [6, 6.07) is 13.0. The minimum absolute atomic E-state index is 0.0140. The molecule has 0 saturated carbocycles. The quantitative estimate of drug-likeness (QED) is 0.912. The number of carbonyl (C=O) groups is 2. The summed E-state index contributed by atoms with van der Waals surface area (Å²) in [4.78, 5) is 25.8. The molecule has 0 fully saturated rings. The van der Waals surface area contributed by atoms with Crippen molar-refractivity contribution < 1.29 is 9.59 Å². The van der Waals surface area contributed by atoms with E-state index < -0.39 is 0 Å². The van der Waals surface area contributed by atoms with Crippen LogP contribution in [-0.2, 0) is 17.8 Å². The molecule has 1 aliphatic heterocycles. The molecule has 2 aromatic carbocycles. The summed E-state index contributed by atoms with van der Waals surface area (Å²) < 4.78 is 0. The minimum Gasteiger partial charge on any atom is -0.326 e. The Labute approximate surface area is 135 Å². The predicted molar refractivity (Wildman–Crippen MR) is 90.6 cm³/mol. The van der Waals surface area contributed by atoms with Crippen LogP contribution in [0.3, 0.4) is 0 Å². The molecule has 0 bridgehead atoms. The Morgan fingerprint density at radius 2 is 2.04 bits per heavy atom. The maximum absolute atomic E-state index is 12.4. The lowest BCUT2D eigenvalue weighted by Crippen LogP contribution is -2.14. The smallest absolute Gasteiger partial charge is 0.255 e. The van der Waals surface area contributed by atoms with E-state index in [1.165, 1.54) is 0 Å². The van der Waals surface area contributed by atoms with Crippen molar-refractivity contribution in [2.45, 2.75) is 13.0 Å². The topological polar surface area (TPSA) is 61.4 Å². The van der Waals surface area contributed by atoms with Crippen molar-refractivity contribution in [1.82, 2.24) is 4.90 Å². The van der Waals surface area contributed by atoms with Gasteiger partial charge >= 0.3 is 0 Å². The van der Waals surface area contributed by atoms with E-state index in [1.54, 1.807) is 12.1 Å². The molecule has 2 aromatic rings. The molecule has 0 atom stereocenters. The molecule has 5 heteroatoms. The van der Waals surface area contributed by atoms with Gasteiger partial charge in [0.1, 0.15) is 0 Å². The normalized spacial score (nSPS) is 12.9. The van der Waals surface area contributed by atoms with Crippen LogP contribution in [0.1, 0.15) is 21.5 Å². The van der Waals surface area contributed by atoms with Crippen molar-refractivity contribution in [2.24, 2.45) is 0 Å². The Bertz CT molecular complexity index is 769. The predicted octanol–water partition coefficient (Wildman–Crippen LogP) is 2.50. The van der Waals surface area contributed by atoms with Crippen molar-refractivity contribution >= 4 is 23.2 Å². The van der Waals surface area contributed by atoms with Gasteiger partial charge in [-0.2, -0.15) is 0 Å². The fourth-order valence-corrected chi connectivity index (χ4v) is 2.69. The summed E-state index contributed by atoms with van der Waals surface area (Å²) in [5.74, 6) is -0.164. The molecule has 1 heterocycles. The number of rotatable bonds is 4. The van der Waals surface area contributed by atoms with Gasteiger partial charge in [0.2, 0.25) is 5.91 Å². The highest BCUT2D eigenvalue weighted by Gasteiger charge is 2.18. The molecule has 3 rings (SSSR count). The van der Waals surface area contributed by atoms with E-state index in [1.807, 2.05) is 44.4 Å². The molecular formula is C18H19N3O2. The second-order valence-electron chi connectivity index (χ2n) is 5.99. The third-order valence-corrected chi connectivity index (χ3v) is 3.68. The van der Waals surface area contributed by atoms with Gasteiger partial charge in [0, 0.05) is 23.5 Å². The van der Waals surface area contributed by atoms with Gasteiger partial charge in [0.15, 0.2) is 0 Å². The second-order valence-corrected chi connectivity index (χ2v) is 5.99. The maximum Gasteiger partial charge on any atom is 0.255 e. The lowest BCUT2D eigenvalue weighted by Gasteiger charge is -2.11. The van der Waals surface area contributed by atoms with E-state index in [0.717, 1.165) is 23.4 Å². The minimum atomic E-state index is -0.150. The van der Waals surface area contributed by atoms with Crippen LogP contribution in [0.15, 0.2) is 42.5 Å². The molecule has 2 amide bonds. The summed E-state index contributed by atoms with van der Waals surface area (Å²) in [5.41, 5.74) is 4.14. The van der Waals surface area contributed by atoms with Crippen LogP contribution in [0.4, 0.5) is 11.4 Å². The van der Waals surface area contributed by atoms with Crippen molar-refractivity contribution in [1.29, 1.82) is 0 Å². The van der Waals surface area contributed by atoms with E-state index in [9.17, 15) is 9.59 Å². The number of nitrogens with one attached hydrogen (secondary N) is 2. The zero-order valence-corrected chi connectivity index (χ0v) is 13.2. The number of anilines is 2. The number of benzene rings is 2. The number of hydrogen-bond acceptors (Lipinski definition) is 3. The zero-order chi connectivity index (χ0) is 16.4. The Hall–Kier alpha value is -2.66. The average molecular weight is 309 g/mol. The lowest BCUT2D eigenvalue weighted by molar-refractivity contribution is -0.115. The Morgan fingerprint density at radius 1 is 1.22 bits per heavy atom. The fraction of sp³-hybridized carbons (Fsp3) is 0.222. The van der Waals surface area contributed by atoms with Crippen LogP contribution in [0.25, 0.3) is 0 Å². The van der Waals surface area contributed by atoms with E-state index in [2.05, 4.69) is 15.5 Å². The summed E-state index contributed by atoms with van der Waals surface area (Å²) in [6.07, 6.45) is 0.358. The van der Waals surface area contributed by atoms with E-state index >= 15 is 0 Å². The fourth-order valence-electron chi connectivity index (χ4n) is 2.69. The van der Waals surface area contributed by atoms with Gasteiger partial charge in [-0.3, -0.25) is 9.59 Å². The molecule has 1 aliphatic rings. The van der Waals surface area contributed by atoms with Crippen LogP contribution in [0, 0.1) is 0 Å². The van der Waals surface area contributed by atoms with Gasteiger partial charge in [-0.05, 0) is 55.6 Å². The Balaban J connectivity index is 1.75. The standard InChI is InChI=1S/C18H19N3O2/c1-21(2)11-12-4-3-5-13(8-12)18(23)19-15-6-7-16-14(9-15)10-17(22)20-16/h3-9H,10-11H2,1-2H3,(H,19,23)(H,20,22). The Kier molecular flexibility index (Phi) is 4.12. The summed E-state index contributed by atoms with van der Waals surface area (Å²) >= 11 is 0. The zero-order valence-electron chi connectivity index (χ0n) is 13.2. The van der Waals surface area contributed by atoms with Crippen molar-refractivity contribution in [3.05, 3.63) is 59.2 Å². The van der Waals surface area contributed by atoms with Crippen LogP contribution < -0.4 is 10.6 Å². The monoisotopic (exact) mass is 309 g/mol. The average Bonchev–Trinajstić information content (AvgIpc) is 2.86. The van der Waals surface area contributed by atoms with E-state index in [4.69, 9.17) is 0 Å². The molecule has 0 radical (unpaired) electrons. The van der Waals surface area contributed by atoms with Gasteiger partial charge in [-0.15, -0.1) is 0 Å². The highest BCUT2D eigenvalue weighted by Crippen LogP contribution is 2.26. The number of carbonyl (C=O) groups excluding carboxylic acids is 2. The van der Waals surface area contributed by atoms with Crippen molar-refractivity contribution in [2.75, 3.05) is 24.7 Å². The first-order valence-electron chi connectivity index (χ1n) is 7.49. The van der Waals surface area contributed by atoms with Crippen LogP contribution >= 0.6 is 0 Å². The van der Waals surface area contributed by atoms with Gasteiger partial charge in [0.25, 0.3) is 5.91 Å². The van der Waals surface area contributed by atoms with E-state index in [-0.39, 0.29) is 11.8 Å². The highest BCUT2D eigenvalue weighted by molar-refractivity contribution is 6.05. The second kappa shape index (κ2) is 6.22. The number of amides is 2. The van der Waals surface area contributed by atoms with Crippen molar-refractivity contribution in [3.8, 4) is 0 Å². The number of fused-ring (bicyclic) bond motifs is 1. The molecule has 23 heavy (non-hydrogen) atoms. The highest BCUT2D eigenvalue weighted by atomic mass is 16.2. The molecule has 118 valence electrons. The maximum atomic E-state index is 12.4. The number of hydrogen-bond donors (Lipinski definition) is 2. The molecular weight excluding hydrogens is 290 g/mol. The van der Waals surface area contributed by atoms with Crippen LogP contribution in [-0.4, -0.2) is 30.8 Å². The summed E-state index contributed by atoms with van der Waals surface area (Å²) in [7, 11) is 3.99. The SMILES string of the molecule is CN(C)Cc1cccc(C(=O)Nc2ccc3c(c2)CC(=O)N3)c1. The Morgan fingerprint density at radius 3 is 2.83 bits per heavy atom. The third kappa shape index (κ3) is 3.57. The molecule has 2 N–H and O–H groups in total. The molecule has 0 saturated heterocycles. The van der Waals surface area contributed by atoms with E-state index in [0.29, 0.717) is 17.7 Å². The number of nitrogens with zero attached hydrogens (tertiary/aromatic N) is 1. The van der Waals surface area contributed by atoms with Gasteiger partial charge in [-0.25, -0.2) is 0 Å². The van der Waals surface area contributed by atoms with Gasteiger partial charge in [-0.1, -0.05) is 12.1 Å². The largest absolute Gasteiger partial charge is 0.326 e. The molecule has 0 spiro atoms. The lowest BCUT2D eigenvalue weighted by atomic mass is 10.1. The van der Waals surface area contributed by atoms with Gasteiger partial charge in [0.05, 0.1) is 6.42 Å². The summed E-state index contributed by atoms with van der Waals surface area (Å²) in [5, 5.41) is 5.67. The van der Waals surface area contributed by atoms with Crippen molar-refractivity contribution in [3.63, 3.8) is 0 Å². The van der Waals surface area contributed by atoms with Gasteiger partial charge < -0.3 is 15.5 Å². The van der Waals surface area contributed by atoms with Crippen LogP contribution in [0.2, 0.25) is 0 Å². The molecule has 5 nitrogen and oxygen atoms in total. The van der Waals surface area contributed by atoms with Crippen LogP contribution in [0.5, 0.6) is 0 Å². The molecule has 0 aliphatic carbocycles.